The zero-order valence-electron chi connectivity index (χ0n) is 16.2. The molecule has 1 unspecified atom stereocenters. The van der Waals surface area contributed by atoms with Crippen LogP contribution in [0.1, 0.15) is 60.1 Å². The Balaban J connectivity index is 2.56. The van der Waals surface area contributed by atoms with Crippen LogP contribution in [-0.4, -0.2) is 29.7 Å². The summed E-state index contributed by atoms with van der Waals surface area (Å²) >= 11 is 0. The summed E-state index contributed by atoms with van der Waals surface area (Å²) in [5, 5.41) is 5.40. The van der Waals surface area contributed by atoms with E-state index < -0.39 is 17.7 Å². The average Bonchev–Trinajstić information content (AvgIpc) is 2.44. The van der Waals surface area contributed by atoms with Crippen molar-refractivity contribution in [3.05, 3.63) is 29.8 Å². The summed E-state index contributed by atoms with van der Waals surface area (Å²) in [7, 11) is 0. The fourth-order valence-electron chi connectivity index (χ4n) is 2.08. The van der Waals surface area contributed by atoms with E-state index in [1.165, 1.54) is 0 Å². The number of rotatable bonds is 6. The standard InChI is InChI=1S/C19H30N2O4/c1-12(2)24-16-10-8-15(9-11-16)13(3)20-17(22)14(4)21-18(23)25-19(5,6)7/h8-14H,1-7H3,(H,20,22)(H,21,23)/t13?,14-/m1/s1. The first-order valence-electron chi connectivity index (χ1n) is 8.54. The summed E-state index contributed by atoms with van der Waals surface area (Å²) in [6, 6.07) is 6.69. The van der Waals surface area contributed by atoms with Gasteiger partial charge in [0.2, 0.25) is 5.91 Å². The molecule has 2 amide bonds. The number of alkyl carbamates (subject to hydrolysis) is 1. The number of ether oxygens (including phenoxy) is 2. The molecule has 140 valence electrons. The molecule has 2 atom stereocenters. The normalized spacial score (nSPS) is 13.8. The number of carbonyl (C=O) groups excluding carboxylic acids is 2. The van der Waals surface area contributed by atoms with Crippen molar-refractivity contribution in [1.29, 1.82) is 0 Å². The third-order valence-electron chi connectivity index (χ3n) is 3.24. The summed E-state index contributed by atoms with van der Waals surface area (Å²) in [5.41, 5.74) is 0.349. The van der Waals surface area contributed by atoms with Crippen LogP contribution in [-0.2, 0) is 9.53 Å². The van der Waals surface area contributed by atoms with E-state index in [-0.39, 0.29) is 18.1 Å². The Morgan fingerprint density at radius 2 is 1.52 bits per heavy atom. The molecule has 0 radical (unpaired) electrons. The molecule has 0 aliphatic heterocycles. The van der Waals surface area contributed by atoms with Crippen molar-refractivity contribution in [3.63, 3.8) is 0 Å². The Bertz CT molecular complexity index is 576. The van der Waals surface area contributed by atoms with Crippen LogP contribution in [0, 0.1) is 0 Å². The summed E-state index contributed by atoms with van der Waals surface area (Å²) in [6.45, 7) is 12.7. The number of nitrogens with one attached hydrogen (secondary N) is 2. The Morgan fingerprint density at radius 1 is 0.960 bits per heavy atom. The zero-order chi connectivity index (χ0) is 19.2. The number of benzene rings is 1. The van der Waals surface area contributed by atoms with E-state index in [0.717, 1.165) is 11.3 Å². The van der Waals surface area contributed by atoms with Crippen LogP contribution in [0.4, 0.5) is 4.79 Å². The van der Waals surface area contributed by atoms with Gasteiger partial charge in [0.25, 0.3) is 0 Å². The van der Waals surface area contributed by atoms with Gasteiger partial charge in [0.1, 0.15) is 17.4 Å². The van der Waals surface area contributed by atoms with Crippen LogP contribution in [0.15, 0.2) is 24.3 Å². The first kappa shape index (κ1) is 20.8. The van der Waals surface area contributed by atoms with Gasteiger partial charge in [-0.25, -0.2) is 4.79 Å². The molecule has 0 saturated heterocycles. The number of amides is 2. The average molecular weight is 350 g/mol. The van der Waals surface area contributed by atoms with Crippen molar-refractivity contribution < 1.29 is 19.1 Å². The van der Waals surface area contributed by atoms with Crippen molar-refractivity contribution in [1.82, 2.24) is 10.6 Å². The largest absolute Gasteiger partial charge is 0.491 e. The maximum absolute atomic E-state index is 12.2. The molecule has 0 aromatic heterocycles. The molecule has 1 rings (SSSR count). The lowest BCUT2D eigenvalue weighted by atomic mass is 10.1. The van der Waals surface area contributed by atoms with Crippen molar-refractivity contribution in [2.24, 2.45) is 0 Å². The quantitative estimate of drug-likeness (QED) is 0.822. The van der Waals surface area contributed by atoms with Gasteiger partial charge in [-0.3, -0.25) is 4.79 Å². The number of carbonyl (C=O) groups is 2. The van der Waals surface area contributed by atoms with E-state index in [4.69, 9.17) is 9.47 Å². The monoisotopic (exact) mass is 350 g/mol. The lowest BCUT2D eigenvalue weighted by molar-refractivity contribution is -0.123. The molecule has 0 spiro atoms. The summed E-state index contributed by atoms with van der Waals surface area (Å²) < 4.78 is 10.8. The van der Waals surface area contributed by atoms with Crippen molar-refractivity contribution in [2.75, 3.05) is 0 Å². The van der Waals surface area contributed by atoms with Crippen LogP contribution in [0.25, 0.3) is 0 Å². The SMILES string of the molecule is CC(C)Oc1ccc(C(C)NC(=O)[C@@H](C)NC(=O)OC(C)(C)C)cc1. The molecule has 0 bridgehead atoms. The predicted octanol–water partition coefficient (Wildman–Crippen LogP) is 3.56. The second kappa shape index (κ2) is 8.74. The van der Waals surface area contributed by atoms with Gasteiger partial charge in [-0.15, -0.1) is 0 Å². The highest BCUT2D eigenvalue weighted by atomic mass is 16.6. The second-order valence-electron chi connectivity index (χ2n) is 7.33. The molecule has 0 saturated carbocycles. The van der Waals surface area contributed by atoms with Crippen LogP contribution in [0.2, 0.25) is 0 Å². The molecular weight excluding hydrogens is 320 g/mol. The minimum atomic E-state index is -0.694. The van der Waals surface area contributed by atoms with Crippen LogP contribution in [0.5, 0.6) is 5.75 Å². The Labute approximate surface area is 150 Å². The van der Waals surface area contributed by atoms with Gasteiger partial charge in [-0.2, -0.15) is 0 Å². The van der Waals surface area contributed by atoms with Gasteiger partial charge in [0, 0.05) is 0 Å². The van der Waals surface area contributed by atoms with E-state index in [0.29, 0.717) is 0 Å². The van der Waals surface area contributed by atoms with Crippen molar-refractivity contribution in [2.45, 2.75) is 72.3 Å². The Kier molecular flexibility index (Phi) is 7.27. The van der Waals surface area contributed by atoms with E-state index in [1.54, 1.807) is 27.7 Å². The van der Waals surface area contributed by atoms with Gasteiger partial charge in [0.15, 0.2) is 0 Å². The summed E-state index contributed by atoms with van der Waals surface area (Å²) in [6.07, 6.45) is -0.499. The number of hydrogen-bond donors (Lipinski definition) is 2. The van der Waals surface area contributed by atoms with Crippen molar-refractivity contribution >= 4 is 12.0 Å². The second-order valence-corrected chi connectivity index (χ2v) is 7.33. The molecule has 6 nitrogen and oxygen atoms in total. The van der Waals surface area contributed by atoms with E-state index in [9.17, 15) is 9.59 Å². The van der Waals surface area contributed by atoms with Gasteiger partial charge < -0.3 is 20.1 Å². The molecule has 0 heterocycles. The van der Waals surface area contributed by atoms with Gasteiger partial charge in [-0.05, 0) is 66.2 Å². The van der Waals surface area contributed by atoms with Crippen LogP contribution < -0.4 is 15.4 Å². The predicted molar refractivity (Wildman–Crippen MR) is 97.6 cm³/mol. The Morgan fingerprint density at radius 3 is 2.00 bits per heavy atom. The van der Waals surface area contributed by atoms with Crippen molar-refractivity contribution in [3.8, 4) is 5.75 Å². The van der Waals surface area contributed by atoms with Crippen LogP contribution in [0.3, 0.4) is 0 Å². The molecule has 0 aliphatic carbocycles. The molecule has 6 heteroatoms. The zero-order valence-corrected chi connectivity index (χ0v) is 16.2. The molecular formula is C19H30N2O4. The highest BCUT2D eigenvalue weighted by Crippen LogP contribution is 2.18. The minimum Gasteiger partial charge on any atom is -0.491 e. The topological polar surface area (TPSA) is 76.7 Å². The molecule has 0 aliphatic rings. The fourth-order valence-corrected chi connectivity index (χ4v) is 2.08. The highest BCUT2D eigenvalue weighted by Gasteiger charge is 2.22. The maximum Gasteiger partial charge on any atom is 0.408 e. The van der Waals surface area contributed by atoms with Gasteiger partial charge in [0.05, 0.1) is 12.1 Å². The lowest BCUT2D eigenvalue weighted by Crippen LogP contribution is -2.47. The van der Waals surface area contributed by atoms with Crippen LogP contribution >= 0.6 is 0 Å². The summed E-state index contributed by atoms with van der Waals surface area (Å²) in [4.78, 5) is 24.0. The number of hydrogen-bond acceptors (Lipinski definition) is 4. The maximum atomic E-state index is 12.2. The van der Waals surface area contributed by atoms with E-state index in [2.05, 4.69) is 10.6 Å². The molecule has 1 aromatic rings. The third kappa shape index (κ3) is 7.92. The molecule has 0 fully saturated rings. The van der Waals surface area contributed by atoms with Gasteiger partial charge >= 0.3 is 6.09 Å². The minimum absolute atomic E-state index is 0.114. The van der Waals surface area contributed by atoms with Gasteiger partial charge in [-0.1, -0.05) is 12.1 Å². The smallest absolute Gasteiger partial charge is 0.408 e. The lowest BCUT2D eigenvalue weighted by Gasteiger charge is -2.23. The molecule has 1 aromatic carbocycles. The molecule has 2 N–H and O–H groups in total. The fraction of sp³-hybridized carbons (Fsp3) is 0.579. The van der Waals surface area contributed by atoms with E-state index in [1.807, 2.05) is 45.0 Å². The first-order valence-corrected chi connectivity index (χ1v) is 8.54. The Hall–Kier alpha value is -2.24. The summed E-state index contributed by atoms with van der Waals surface area (Å²) in [5.74, 6) is 0.512. The highest BCUT2D eigenvalue weighted by molar-refractivity contribution is 5.85. The molecule has 25 heavy (non-hydrogen) atoms. The first-order chi connectivity index (χ1) is 11.5. The third-order valence-corrected chi connectivity index (χ3v) is 3.24. The van der Waals surface area contributed by atoms with E-state index >= 15 is 0 Å².